The fourth-order valence-corrected chi connectivity index (χ4v) is 4.97. The molecule has 0 spiro atoms. The van der Waals surface area contributed by atoms with E-state index in [2.05, 4.69) is 16.0 Å². The number of nitrogens with zero attached hydrogens (tertiary/aromatic N) is 5. The molecule has 1 saturated heterocycles. The lowest BCUT2D eigenvalue weighted by Crippen LogP contribution is -2.49. The van der Waals surface area contributed by atoms with Crippen molar-refractivity contribution in [3.63, 3.8) is 0 Å². The van der Waals surface area contributed by atoms with Gasteiger partial charge in [-0.05, 0) is 26.3 Å². The van der Waals surface area contributed by atoms with Crippen LogP contribution in [0.25, 0.3) is 0 Å². The van der Waals surface area contributed by atoms with Crippen LogP contribution in [-0.4, -0.2) is 194 Å². The molecule has 1 fully saturated rings. The molecule has 17 nitrogen and oxygen atoms in total. The molecule has 0 radical (unpaired) electrons. The van der Waals surface area contributed by atoms with Crippen molar-refractivity contribution in [1.29, 1.82) is 0 Å². The molecule has 6 N–H and O–H groups in total. The minimum Gasteiger partial charge on any atom is -0.480 e. The fraction of sp³-hybridized carbons (Fsp3) is 0.800. The van der Waals surface area contributed by atoms with Crippen LogP contribution in [0.15, 0.2) is 0 Å². The Morgan fingerprint density at radius 1 is 0.532 bits per heavy atom. The summed E-state index contributed by atoms with van der Waals surface area (Å²) < 4.78 is 0. The average molecular weight is 673 g/mol. The van der Waals surface area contributed by atoms with Crippen molar-refractivity contribution < 1.29 is 44.1 Å². The molecule has 0 bridgehead atoms. The highest BCUT2D eigenvalue weighted by molar-refractivity contribution is 5.78. The lowest BCUT2D eigenvalue weighted by molar-refractivity contribution is -0.140. The highest BCUT2D eigenvalue weighted by Gasteiger charge is 2.21. The molecule has 0 aliphatic carbocycles. The number of carbonyl (C=O) groups excluding carboxylic acids is 3. The van der Waals surface area contributed by atoms with Crippen molar-refractivity contribution in [3.8, 4) is 0 Å². The molecule has 47 heavy (non-hydrogen) atoms. The summed E-state index contributed by atoms with van der Waals surface area (Å²) in [6, 6.07) is 0. The van der Waals surface area contributed by atoms with Crippen LogP contribution in [0.5, 0.6) is 0 Å². The average Bonchev–Trinajstić information content (AvgIpc) is 2.97. The Morgan fingerprint density at radius 2 is 0.894 bits per heavy atom. The van der Waals surface area contributed by atoms with Gasteiger partial charge in [0.05, 0.1) is 26.2 Å². The van der Waals surface area contributed by atoms with E-state index in [0.29, 0.717) is 111 Å². The molecular formula is C30H56N8O9. The number of amides is 3. The topological polar surface area (TPSA) is 215 Å². The third-order valence-corrected chi connectivity index (χ3v) is 7.63. The Morgan fingerprint density at radius 3 is 1.28 bits per heavy atom. The summed E-state index contributed by atoms with van der Waals surface area (Å²) in [6.45, 7) is 6.73. The lowest BCUT2D eigenvalue weighted by Gasteiger charge is -2.32. The monoisotopic (exact) mass is 672 g/mol. The third-order valence-electron chi connectivity index (χ3n) is 7.63. The fourth-order valence-electron chi connectivity index (χ4n) is 4.97. The molecule has 0 aromatic carbocycles. The van der Waals surface area contributed by atoms with Gasteiger partial charge in [-0.25, -0.2) is 0 Å². The lowest BCUT2D eigenvalue weighted by atomic mass is 10.2. The van der Waals surface area contributed by atoms with Gasteiger partial charge >= 0.3 is 17.9 Å². The number of nitrogens with one attached hydrogen (secondary N) is 3. The van der Waals surface area contributed by atoms with Gasteiger partial charge in [0.1, 0.15) is 0 Å². The predicted octanol–water partition coefficient (Wildman–Crippen LogP) is -2.29. The summed E-state index contributed by atoms with van der Waals surface area (Å²) in [5.74, 6) is -3.29. The molecule has 1 rings (SSSR count). The first kappa shape index (κ1) is 41.6. The van der Waals surface area contributed by atoms with E-state index in [1.165, 1.54) is 0 Å². The van der Waals surface area contributed by atoms with Crippen LogP contribution in [0.4, 0.5) is 0 Å². The summed E-state index contributed by atoms with van der Waals surface area (Å²) in [4.78, 5) is 79.6. The van der Waals surface area contributed by atoms with E-state index in [1.807, 2.05) is 23.8 Å². The van der Waals surface area contributed by atoms with Crippen molar-refractivity contribution in [2.45, 2.75) is 39.0 Å². The van der Waals surface area contributed by atoms with Crippen LogP contribution in [0.3, 0.4) is 0 Å². The highest BCUT2D eigenvalue weighted by Crippen LogP contribution is 2.02. The number of unbranched alkanes of at least 4 members (excludes halogenated alkanes) is 1. The van der Waals surface area contributed by atoms with E-state index in [9.17, 15) is 44.1 Å². The van der Waals surface area contributed by atoms with Crippen LogP contribution in [-0.2, 0) is 28.8 Å². The maximum Gasteiger partial charge on any atom is 0.317 e. The molecule has 0 aromatic rings. The number of carboxylic acids is 3. The summed E-state index contributed by atoms with van der Waals surface area (Å²) in [5, 5.41) is 36.6. The van der Waals surface area contributed by atoms with Gasteiger partial charge in [0, 0.05) is 97.9 Å². The van der Waals surface area contributed by atoms with Gasteiger partial charge in [0.25, 0.3) is 0 Å². The first-order valence-corrected chi connectivity index (χ1v) is 16.4. The normalized spacial score (nSPS) is 16.1. The highest BCUT2D eigenvalue weighted by atomic mass is 16.4. The molecule has 1 aliphatic heterocycles. The molecule has 0 unspecified atom stereocenters. The number of hydrogen-bond donors (Lipinski definition) is 6. The SMILES string of the molecule is CCCC(=O)NCCN(C)CCNC(=O)CCCCNC(=O)CN1CCN(CC(=O)O)CCN(CC(=O)O)CCN(CC(=O)O)CC1. The van der Waals surface area contributed by atoms with Crippen molar-refractivity contribution >= 4 is 35.6 Å². The van der Waals surface area contributed by atoms with Crippen molar-refractivity contribution in [2.75, 3.05) is 118 Å². The smallest absolute Gasteiger partial charge is 0.317 e. The van der Waals surface area contributed by atoms with Crippen LogP contribution in [0.1, 0.15) is 39.0 Å². The number of likely N-dealkylation sites (N-methyl/N-ethyl adjacent to an activating group) is 1. The van der Waals surface area contributed by atoms with E-state index in [1.54, 1.807) is 14.7 Å². The zero-order valence-electron chi connectivity index (χ0n) is 28.1. The Labute approximate surface area is 277 Å². The van der Waals surface area contributed by atoms with Gasteiger partial charge in [-0.2, -0.15) is 0 Å². The molecule has 270 valence electrons. The van der Waals surface area contributed by atoms with Crippen LogP contribution < -0.4 is 16.0 Å². The first-order chi connectivity index (χ1) is 22.4. The number of carbonyl (C=O) groups is 6. The van der Waals surface area contributed by atoms with E-state index in [0.717, 1.165) is 6.42 Å². The third kappa shape index (κ3) is 22.7. The number of hydrogen-bond acceptors (Lipinski definition) is 11. The molecule has 17 heteroatoms. The zero-order valence-corrected chi connectivity index (χ0v) is 28.1. The molecular weight excluding hydrogens is 616 g/mol. The Hall–Kier alpha value is -3.38. The maximum atomic E-state index is 12.8. The van der Waals surface area contributed by atoms with Crippen molar-refractivity contribution in [2.24, 2.45) is 0 Å². The van der Waals surface area contributed by atoms with E-state index >= 15 is 0 Å². The molecule has 0 aromatic heterocycles. The van der Waals surface area contributed by atoms with Gasteiger partial charge in [-0.1, -0.05) is 6.92 Å². The number of aliphatic carboxylic acids is 3. The van der Waals surface area contributed by atoms with Gasteiger partial charge < -0.3 is 36.2 Å². The van der Waals surface area contributed by atoms with E-state index < -0.39 is 17.9 Å². The summed E-state index contributed by atoms with van der Waals surface area (Å²) in [5.41, 5.74) is 0. The molecule has 1 heterocycles. The second kappa shape index (κ2) is 24.7. The Balaban J connectivity index is 2.49. The van der Waals surface area contributed by atoms with Crippen LogP contribution >= 0.6 is 0 Å². The van der Waals surface area contributed by atoms with Gasteiger partial charge in [-0.3, -0.25) is 48.4 Å². The van der Waals surface area contributed by atoms with Gasteiger partial charge in [0.2, 0.25) is 17.7 Å². The van der Waals surface area contributed by atoms with Crippen LogP contribution in [0.2, 0.25) is 0 Å². The van der Waals surface area contributed by atoms with Gasteiger partial charge in [0.15, 0.2) is 0 Å². The van der Waals surface area contributed by atoms with E-state index in [-0.39, 0.29) is 43.9 Å². The second-order valence-corrected chi connectivity index (χ2v) is 11.8. The Bertz CT molecular complexity index is 955. The predicted molar refractivity (Wildman–Crippen MR) is 174 cm³/mol. The molecule has 0 saturated carbocycles. The quantitative estimate of drug-likeness (QED) is 0.0709. The van der Waals surface area contributed by atoms with Crippen molar-refractivity contribution in [3.05, 3.63) is 0 Å². The van der Waals surface area contributed by atoms with Crippen molar-refractivity contribution in [1.82, 2.24) is 40.4 Å². The second-order valence-electron chi connectivity index (χ2n) is 11.8. The van der Waals surface area contributed by atoms with E-state index in [4.69, 9.17) is 0 Å². The zero-order chi connectivity index (χ0) is 35.0. The minimum absolute atomic E-state index is 0.0433. The molecule has 3 amide bonds. The molecule has 0 atom stereocenters. The first-order valence-electron chi connectivity index (χ1n) is 16.4. The standard InChI is InChI=1S/C30H56N8O9/c1-3-6-25(39)32-9-11-34(2)12-10-33-26(40)7-4-5-8-31-27(41)21-35-13-15-36(22-28(42)43)17-19-38(24-30(46)47)20-18-37(16-14-35)23-29(44)45/h3-24H2,1-2H3,(H,31,41)(H,32,39)(H,33,40)(H,42,43)(H,44,45)(H,46,47). The summed E-state index contributed by atoms with van der Waals surface area (Å²) >= 11 is 0. The summed E-state index contributed by atoms with van der Waals surface area (Å²) in [7, 11) is 1.93. The van der Waals surface area contributed by atoms with Crippen LogP contribution in [0, 0.1) is 0 Å². The summed E-state index contributed by atoms with van der Waals surface area (Å²) in [6.07, 6.45) is 2.88. The largest absolute Gasteiger partial charge is 0.480 e. The number of rotatable bonds is 21. The van der Waals surface area contributed by atoms with Gasteiger partial charge in [-0.15, -0.1) is 0 Å². The maximum absolute atomic E-state index is 12.8. The number of carboxylic acid groups (broad SMARTS) is 3. The Kier molecular flexibility index (Phi) is 21.9. The minimum atomic E-state index is -1.02. The molecule has 1 aliphatic rings.